The highest BCUT2D eigenvalue weighted by molar-refractivity contribution is 6.20. The van der Waals surface area contributed by atoms with Gasteiger partial charge in [-0.15, -0.1) is 0 Å². The number of amidine groups is 1. The lowest BCUT2D eigenvalue weighted by molar-refractivity contribution is -0.141. The molecule has 2 aromatic rings. The molecule has 0 aliphatic carbocycles. The number of amides is 1. The fraction of sp³-hybridized carbons (Fsp3) is 0.118. The zero-order chi connectivity index (χ0) is 20.2. The molecule has 1 amide bonds. The maximum Gasteiger partial charge on any atom is 0.435 e. The Balaban J connectivity index is 2.19. The molecule has 2 rings (SSSR count). The van der Waals surface area contributed by atoms with Crippen LogP contribution in [0.1, 0.15) is 11.4 Å². The minimum absolute atomic E-state index is 0.0292. The molecular formula is C17H15F4N5O. The molecule has 6 nitrogen and oxygen atoms in total. The molecule has 4 N–H and O–H groups in total. The Hall–Kier alpha value is -3.43. The van der Waals surface area contributed by atoms with E-state index in [9.17, 15) is 22.4 Å². The molecule has 0 unspecified atom stereocenters. The van der Waals surface area contributed by atoms with E-state index in [2.05, 4.69) is 10.4 Å². The number of nitrogens with zero attached hydrogens (tertiary/aromatic N) is 2. The molecule has 0 fully saturated rings. The van der Waals surface area contributed by atoms with Crippen LogP contribution in [0.25, 0.3) is 5.57 Å². The van der Waals surface area contributed by atoms with Gasteiger partial charge in [0.25, 0.3) is 0 Å². The Bertz CT molecular complexity index is 910. The van der Waals surface area contributed by atoms with Gasteiger partial charge in [-0.05, 0) is 36.4 Å². The van der Waals surface area contributed by atoms with Crippen LogP contribution in [0.15, 0.2) is 48.6 Å². The van der Waals surface area contributed by atoms with E-state index in [1.165, 1.54) is 43.5 Å². The summed E-state index contributed by atoms with van der Waals surface area (Å²) in [7, 11) is 1.28. The number of carbonyl (C=O) groups is 1. The van der Waals surface area contributed by atoms with Gasteiger partial charge in [-0.3, -0.25) is 14.9 Å². The van der Waals surface area contributed by atoms with Crippen molar-refractivity contribution in [2.75, 3.05) is 5.32 Å². The van der Waals surface area contributed by atoms with Gasteiger partial charge in [0, 0.05) is 24.4 Å². The van der Waals surface area contributed by atoms with E-state index < -0.39 is 29.4 Å². The fourth-order valence-electron chi connectivity index (χ4n) is 2.12. The summed E-state index contributed by atoms with van der Waals surface area (Å²) in [6.45, 7) is 0. The number of alkyl halides is 3. The Morgan fingerprint density at radius 3 is 2.44 bits per heavy atom. The first-order valence-corrected chi connectivity index (χ1v) is 7.49. The van der Waals surface area contributed by atoms with E-state index in [-0.39, 0.29) is 11.3 Å². The molecule has 0 bridgehead atoms. The van der Waals surface area contributed by atoms with E-state index in [0.29, 0.717) is 5.69 Å². The fourth-order valence-corrected chi connectivity index (χ4v) is 2.12. The van der Waals surface area contributed by atoms with Crippen molar-refractivity contribution < 1.29 is 22.4 Å². The van der Waals surface area contributed by atoms with Crippen molar-refractivity contribution >= 4 is 23.0 Å². The molecule has 142 valence electrons. The first-order valence-electron chi connectivity index (χ1n) is 7.49. The molecule has 1 aromatic carbocycles. The van der Waals surface area contributed by atoms with E-state index >= 15 is 0 Å². The van der Waals surface area contributed by atoms with Gasteiger partial charge >= 0.3 is 6.18 Å². The van der Waals surface area contributed by atoms with Gasteiger partial charge in [0.05, 0.1) is 5.69 Å². The van der Waals surface area contributed by atoms with Crippen LogP contribution >= 0.6 is 0 Å². The lowest BCUT2D eigenvalue weighted by Gasteiger charge is -2.04. The van der Waals surface area contributed by atoms with Crippen molar-refractivity contribution in [2.24, 2.45) is 12.8 Å². The zero-order valence-corrected chi connectivity index (χ0v) is 14.0. The number of allylic oxidation sites excluding steroid dienone is 2. The van der Waals surface area contributed by atoms with Gasteiger partial charge in [0.1, 0.15) is 11.7 Å². The summed E-state index contributed by atoms with van der Waals surface area (Å²) in [5, 5.41) is 13.4. The number of anilines is 1. The van der Waals surface area contributed by atoms with Crippen molar-refractivity contribution in [3.05, 3.63) is 65.8 Å². The number of aromatic nitrogens is 2. The number of halogens is 4. The quantitative estimate of drug-likeness (QED) is 0.244. The third-order valence-corrected chi connectivity index (χ3v) is 3.36. The van der Waals surface area contributed by atoms with E-state index in [1.54, 1.807) is 0 Å². The lowest BCUT2D eigenvalue weighted by atomic mass is 10.1. The largest absolute Gasteiger partial charge is 0.435 e. The Morgan fingerprint density at radius 2 is 1.93 bits per heavy atom. The normalized spacial score (nSPS) is 12.4. The van der Waals surface area contributed by atoms with Crippen LogP contribution in [0.2, 0.25) is 0 Å². The van der Waals surface area contributed by atoms with Crippen LogP contribution in [-0.4, -0.2) is 21.5 Å². The van der Waals surface area contributed by atoms with E-state index in [0.717, 1.165) is 16.8 Å². The summed E-state index contributed by atoms with van der Waals surface area (Å²) >= 11 is 0. The number of rotatable bonds is 5. The molecule has 1 heterocycles. The monoisotopic (exact) mass is 381 g/mol. The molecule has 0 atom stereocenters. The first kappa shape index (κ1) is 19.9. The number of carbonyl (C=O) groups excluding carboxylic acids is 1. The third-order valence-electron chi connectivity index (χ3n) is 3.36. The van der Waals surface area contributed by atoms with Gasteiger partial charge in [-0.25, -0.2) is 4.39 Å². The second kappa shape index (κ2) is 7.85. The number of nitrogens with one attached hydrogen (secondary N) is 2. The summed E-state index contributed by atoms with van der Waals surface area (Å²) in [5.74, 6) is -1.50. The van der Waals surface area contributed by atoms with E-state index in [4.69, 9.17) is 11.1 Å². The topological polar surface area (TPSA) is 96.8 Å². The highest BCUT2D eigenvalue weighted by Crippen LogP contribution is 2.30. The van der Waals surface area contributed by atoms with Crippen molar-refractivity contribution in [1.29, 1.82) is 5.41 Å². The molecule has 0 saturated heterocycles. The summed E-state index contributed by atoms with van der Waals surface area (Å²) in [6.07, 6.45) is -1.09. The third kappa shape index (κ3) is 5.27. The lowest BCUT2D eigenvalue weighted by Crippen LogP contribution is -2.14. The van der Waals surface area contributed by atoms with Crippen molar-refractivity contribution in [1.82, 2.24) is 9.78 Å². The molecule has 1 aromatic heterocycles. The molecule has 0 saturated carbocycles. The van der Waals surface area contributed by atoms with Crippen molar-refractivity contribution in [3.8, 4) is 0 Å². The predicted octanol–water partition coefficient (Wildman–Crippen LogP) is 3.09. The highest BCUT2D eigenvalue weighted by atomic mass is 19.4. The molecule has 0 spiro atoms. The predicted molar refractivity (Wildman–Crippen MR) is 92.3 cm³/mol. The minimum atomic E-state index is -4.64. The highest BCUT2D eigenvalue weighted by Gasteiger charge is 2.35. The maximum absolute atomic E-state index is 12.8. The van der Waals surface area contributed by atoms with E-state index in [1.807, 2.05) is 0 Å². The Labute approximate surface area is 151 Å². The number of benzene rings is 1. The second-order valence-corrected chi connectivity index (χ2v) is 5.39. The van der Waals surface area contributed by atoms with Gasteiger partial charge in [-0.2, -0.15) is 18.3 Å². The van der Waals surface area contributed by atoms with Crippen LogP contribution in [0, 0.1) is 11.2 Å². The Morgan fingerprint density at radius 1 is 1.30 bits per heavy atom. The Kier molecular flexibility index (Phi) is 5.78. The van der Waals surface area contributed by atoms with Crippen LogP contribution < -0.4 is 11.1 Å². The van der Waals surface area contributed by atoms with Crippen LogP contribution in [0.5, 0.6) is 0 Å². The number of aryl methyl sites for hydroxylation is 1. The van der Waals surface area contributed by atoms with Crippen LogP contribution in [0.3, 0.4) is 0 Å². The smallest absolute Gasteiger partial charge is 0.384 e. The molecule has 0 radical (unpaired) electrons. The van der Waals surface area contributed by atoms with Gasteiger partial charge in [-0.1, -0.05) is 6.08 Å². The molecule has 10 heteroatoms. The van der Waals surface area contributed by atoms with Crippen LogP contribution in [-0.2, 0) is 18.0 Å². The van der Waals surface area contributed by atoms with Crippen molar-refractivity contribution in [3.63, 3.8) is 0 Å². The van der Waals surface area contributed by atoms with Crippen molar-refractivity contribution in [2.45, 2.75) is 6.18 Å². The van der Waals surface area contributed by atoms with Gasteiger partial charge in [0.15, 0.2) is 5.69 Å². The summed E-state index contributed by atoms with van der Waals surface area (Å²) in [6, 6.07) is 5.85. The number of nitrogens with two attached hydrogens (primary N) is 1. The summed E-state index contributed by atoms with van der Waals surface area (Å²) < 4.78 is 52.1. The zero-order valence-electron chi connectivity index (χ0n) is 14.0. The maximum atomic E-state index is 12.8. The second-order valence-electron chi connectivity index (χ2n) is 5.39. The minimum Gasteiger partial charge on any atom is -0.384 e. The average Bonchev–Trinajstić information content (AvgIpc) is 2.95. The van der Waals surface area contributed by atoms with Crippen LogP contribution in [0.4, 0.5) is 23.2 Å². The molecule has 0 aliphatic heterocycles. The van der Waals surface area contributed by atoms with Gasteiger partial charge < -0.3 is 11.1 Å². The first-order chi connectivity index (χ1) is 12.6. The summed E-state index contributed by atoms with van der Waals surface area (Å²) in [4.78, 5) is 11.8. The average molecular weight is 381 g/mol. The van der Waals surface area contributed by atoms with Gasteiger partial charge in [0.2, 0.25) is 5.91 Å². The SMILES string of the molecule is Cn1nc(C(F)(F)F)cc1/C(=C/C=C/C(=O)Nc1ccc(F)cc1)C(=N)N. The summed E-state index contributed by atoms with van der Waals surface area (Å²) in [5.41, 5.74) is 4.61. The number of hydrogen-bond donors (Lipinski definition) is 3. The molecular weight excluding hydrogens is 366 g/mol. The molecule has 27 heavy (non-hydrogen) atoms. The standard InChI is InChI=1S/C17H15F4N5O/c1-26-13(9-14(25-26)17(19,20)21)12(16(22)23)3-2-4-15(27)24-11-7-5-10(18)6-8-11/h2-9H,1H3,(H3,22,23)(H,24,27)/b4-2+,12-3-. The number of hydrogen-bond acceptors (Lipinski definition) is 3. The molecule has 0 aliphatic rings.